The Labute approximate surface area is 150 Å². The number of rotatable bonds is 3. The van der Waals surface area contributed by atoms with Crippen LogP contribution >= 0.6 is 45.5 Å². The Bertz CT molecular complexity index is 970. The van der Waals surface area contributed by atoms with Crippen LogP contribution in [0, 0.1) is 10.5 Å². The molecule has 0 saturated carbocycles. The number of nitrogens with one attached hydrogen (secondary N) is 1. The van der Waals surface area contributed by atoms with Crippen molar-refractivity contribution in [1.29, 1.82) is 0 Å². The van der Waals surface area contributed by atoms with Gasteiger partial charge in [-0.2, -0.15) is 0 Å². The number of benzene rings is 2. The Morgan fingerprint density at radius 3 is 2.77 bits per heavy atom. The second kappa shape index (κ2) is 5.95. The van der Waals surface area contributed by atoms with Gasteiger partial charge in [-0.05, 0) is 59.8 Å². The van der Waals surface area contributed by atoms with E-state index in [9.17, 15) is 8.42 Å². The van der Waals surface area contributed by atoms with E-state index in [1.165, 1.54) is 11.3 Å². The number of sulfonamides is 1. The van der Waals surface area contributed by atoms with Crippen LogP contribution in [0.3, 0.4) is 0 Å². The Kier molecular flexibility index (Phi) is 4.32. The lowest BCUT2D eigenvalue weighted by atomic mass is 10.3. The molecule has 2 aromatic carbocycles. The first-order valence-corrected chi connectivity index (χ1v) is 9.96. The van der Waals surface area contributed by atoms with E-state index in [1.807, 2.05) is 19.1 Å². The van der Waals surface area contributed by atoms with Crippen molar-refractivity contribution in [2.45, 2.75) is 11.8 Å². The van der Waals surface area contributed by atoms with E-state index in [0.29, 0.717) is 16.2 Å². The fourth-order valence-electron chi connectivity index (χ4n) is 2.00. The van der Waals surface area contributed by atoms with Crippen LogP contribution < -0.4 is 4.72 Å². The van der Waals surface area contributed by atoms with Crippen LogP contribution in [-0.2, 0) is 10.0 Å². The standard InChI is InChI=1S/C14H10ClIN2O2S2/c1-8-17-14-12(21-8)6-5-11(15)13(14)18-22(19,20)10-4-2-3-9(16)7-10/h2-7,18H,1H3. The van der Waals surface area contributed by atoms with Crippen molar-refractivity contribution in [3.8, 4) is 0 Å². The molecule has 0 saturated heterocycles. The minimum absolute atomic E-state index is 0.194. The summed E-state index contributed by atoms with van der Waals surface area (Å²) < 4.78 is 29.4. The molecule has 0 unspecified atom stereocenters. The van der Waals surface area contributed by atoms with E-state index >= 15 is 0 Å². The van der Waals surface area contributed by atoms with Crippen molar-refractivity contribution in [1.82, 2.24) is 4.98 Å². The van der Waals surface area contributed by atoms with Crippen molar-refractivity contribution in [2.24, 2.45) is 0 Å². The highest BCUT2D eigenvalue weighted by Crippen LogP contribution is 2.35. The van der Waals surface area contributed by atoms with Gasteiger partial charge in [-0.3, -0.25) is 4.72 Å². The fraction of sp³-hybridized carbons (Fsp3) is 0.0714. The molecule has 0 aliphatic heterocycles. The van der Waals surface area contributed by atoms with Crippen LogP contribution in [0.4, 0.5) is 5.69 Å². The molecule has 1 heterocycles. The predicted molar refractivity (Wildman–Crippen MR) is 99.3 cm³/mol. The molecule has 0 amide bonds. The molecule has 0 spiro atoms. The summed E-state index contributed by atoms with van der Waals surface area (Å²) in [6.45, 7) is 1.87. The van der Waals surface area contributed by atoms with Crippen molar-refractivity contribution >= 4 is 71.5 Å². The van der Waals surface area contributed by atoms with Crippen LogP contribution in [0.1, 0.15) is 5.01 Å². The van der Waals surface area contributed by atoms with Crippen molar-refractivity contribution in [2.75, 3.05) is 4.72 Å². The fourth-order valence-corrected chi connectivity index (χ4v) is 4.98. The molecule has 3 rings (SSSR count). The lowest BCUT2D eigenvalue weighted by Gasteiger charge is -2.10. The van der Waals surface area contributed by atoms with Gasteiger partial charge < -0.3 is 0 Å². The van der Waals surface area contributed by atoms with E-state index in [0.717, 1.165) is 13.3 Å². The van der Waals surface area contributed by atoms with Gasteiger partial charge in [0.1, 0.15) is 5.52 Å². The molecular weight excluding hydrogens is 455 g/mol. The van der Waals surface area contributed by atoms with Crippen LogP contribution in [0.5, 0.6) is 0 Å². The zero-order valence-corrected chi connectivity index (χ0v) is 15.8. The summed E-state index contributed by atoms with van der Waals surface area (Å²) >= 11 is 9.74. The minimum Gasteiger partial charge on any atom is -0.276 e. The SMILES string of the molecule is Cc1nc2c(NS(=O)(=O)c3cccc(I)c3)c(Cl)ccc2s1. The van der Waals surface area contributed by atoms with Gasteiger partial charge in [0.05, 0.1) is 25.3 Å². The summed E-state index contributed by atoms with van der Waals surface area (Å²) in [5, 5.41) is 1.18. The first-order valence-electron chi connectivity index (χ1n) is 6.21. The molecule has 0 atom stereocenters. The highest BCUT2D eigenvalue weighted by Gasteiger charge is 2.19. The Balaban J connectivity index is 2.11. The minimum atomic E-state index is -3.72. The number of hydrogen-bond acceptors (Lipinski definition) is 4. The van der Waals surface area contributed by atoms with Crippen LogP contribution in [0.2, 0.25) is 5.02 Å². The monoisotopic (exact) mass is 464 g/mol. The Morgan fingerprint density at radius 1 is 1.27 bits per heavy atom. The zero-order valence-electron chi connectivity index (χ0n) is 11.3. The van der Waals surface area contributed by atoms with Crippen molar-refractivity contribution in [3.05, 3.63) is 50.0 Å². The normalized spacial score (nSPS) is 11.8. The largest absolute Gasteiger partial charge is 0.276 e. The van der Waals surface area contributed by atoms with Gasteiger partial charge in [0, 0.05) is 3.57 Å². The summed E-state index contributed by atoms with van der Waals surface area (Å²) in [7, 11) is -3.72. The van der Waals surface area contributed by atoms with Gasteiger partial charge in [-0.1, -0.05) is 17.7 Å². The quantitative estimate of drug-likeness (QED) is 0.573. The second-order valence-corrected chi connectivity index (χ2v) is 9.13. The van der Waals surface area contributed by atoms with E-state index in [4.69, 9.17) is 11.6 Å². The predicted octanol–water partition coefficient (Wildman–Crippen LogP) is 4.66. The molecule has 4 nitrogen and oxygen atoms in total. The first-order chi connectivity index (χ1) is 10.4. The molecule has 8 heteroatoms. The number of aromatic nitrogens is 1. The maximum Gasteiger partial charge on any atom is 0.262 e. The van der Waals surface area contributed by atoms with E-state index in [1.54, 1.807) is 24.3 Å². The van der Waals surface area contributed by atoms with Gasteiger partial charge in [0.15, 0.2) is 0 Å². The number of halogens is 2. The number of nitrogens with zero attached hydrogens (tertiary/aromatic N) is 1. The molecular formula is C14H10ClIN2O2S2. The maximum absolute atomic E-state index is 12.6. The highest BCUT2D eigenvalue weighted by atomic mass is 127. The molecule has 22 heavy (non-hydrogen) atoms. The summed E-state index contributed by atoms with van der Waals surface area (Å²) in [6, 6.07) is 10.2. The van der Waals surface area contributed by atoms with Crippen LogP contribution in [-0.4, -0.2) is 13.4 Å². The molecule has 0 aliphatic rings. The zero-order chi connectivity index (χ0) is 15.9. The number of thiazole rings is 1. The summed E-state index contributed by atoms with van der Waals surface area (Å²) in [4.78, 5) is 4.57. The molecule has 0 bridgehead atoms. The molecule has 3 aromatic rings. The second-order valence-electron chi connectivity index (χ2n) is 4.56. The topological polar surface area (TPSA) is 59.1 Å². The molecule has 114 valence electrons. The van der Waals surface area contributed by atoms with Gasteiger partial charge in [-0.25, -0.2) is 13.4 Å². The Hall–Kier alpha value is -0.900. The third kappa shape index (κ3) is 3.08. The summed E-state index contributed by atoms with van der Waals surface area (Å²) in [6.07, 6.45) is 0. The maximum atomic E-state index is 12.6. The number of fused-ring (bicyclic) bond motifs is 1. The van der Waals surface area contributed by atoms with E-state index < -0.39 is 10.0 Å². The first kappa shape index (κ1) is 16.0. The Morgan fingerprint density at radius 2 is 2.05 bits per heavy atom. The van der Waals surface area contributed by atoms with Gasteiger partial charge in [-0.15, -0.1) is 11.3 Å². The molecule has 0 aliphatic carbocycles. The molecule has 1 N–H and O–H groups in total. The molecule has 1 aromatic heterocycles. The average Bonchev–Trinajstić information content (AvgIpc) is 2.83. The van der Waals surface area contributed by atoms with Crippen LogP contribution in [0.15, 0.2) is 41.3 Å². The lowest BCUT2D eigenvalue weighted by molar-refractivity contribution is 0.601. The number of hydrogen-bond donors (Lipinski definition) is 1. The summed E-state index contributed by atoms with van der Waals surface area (Å²) in [5.41, 5.74) is 0.895. The lowest BCUT2D eigenvalue weighted by Crippen LogP contribution is -2.13. The van der Waals surface area contributed by atoms with Gasteiger partial charge in [0.25, 0.3) is 10.0 Å². The van der Waals surface area contributed by atoms with E-state index in [2.05, 4.69) is 32.3 Å². The van der Waals surface area contributed by atoms with Gasteiger partial charge in [0.2, 0.25) is 0 Å². The summed E-state index contributed by atoms with van der Waals surface area (Å²) in [5.74, 6) is 0. The number of anilines is 1. The third-order valence-corrected chi connectivity index (χ3v) is 6.23. The molecule has 0 radical (unpaired) electrons. The van der Waals surface area contributed by atoms with Crippen LogP contribution in [0.25, 0.3) is 10.2 Å². The molecule has 0 fully saturated rings. The van der Waals surface area contributed by atoms with Gasteiger partial charge >= 0.3 is 0 Å². The smallest absolute Gasteiger partial charge is 0.262 e. The average molecular weight is 465 g/mol. The highest BCUT2D eigenvalue weighted by molar-refractivity contribution is 14.1. The van der Waals surface area contributed by atoms with E-state index in [-0.39, 0.29) is 4.90 Å². The third-order valence-electron chi connectivity index (χ3n) is 2.96. The van der Waals surface area contributed by atoms with Crippen molar-refractivity contribution in [3.63, 3.8) is 0 Å². The number of aryl methyl sites for hydroxylation is 1. The van der Waals surface area contributed by atoms with Crippen molar-refractivity contribution < 1.29 is 8.42 Å².